The van der Waals surface area contributed by atoms with E-state index in [0.29, 0.717) is 19.5 Å². The molecule has 1 heterocycles. The van der Waals surface area contributed by atoms with Gasteiger partial charge in [-0.1, -0.05) is 6.92 Å². The third-order valence-corrected chi connectivity index (χ3v) is 7.86. The van der Waals surface area contributed by atoms with Crippen LogP contribution in [-0.4, -0.2) is 75.9 Å². The summed E-state index contributed by atoms with van der Waals surface area (Å²) in [5.41, 5.74) is -0.235. The minimum atomic E-state index is -4.17. The molecular weight excluding hydrogens is 583 g/mol. The van der Waals surface area contributed by atoms with Crippen molar-refractivity contribution in [2.24, 2.45) is 0 Å². The van der Waals surface area contributed by atoms with Crippen LogP contribution in [0.5, 0.6) is 5.75 Å². The first-order chi connectivity index (χ1) is 20.2. The fourth-order valence-electron chi connectivity index (χ4n) is 4.18. The third kappa shape index (κ3) is 9.73. The van der Waals surface area contributed by atoms with Crippen molar-refractivity contribution in [3.63, 3.8) is 0 Å². The fourth-order valence-corrected chi connectivity index (χ4v) is 5.68. The number of hydrogen-bond donors (Lipinski definition) is 2. The lowest BCUT2D eigenvalue weighted by molar-refractivity contribution is -0.119. The number of carbonyl (C=O) groups is 3. The molecule has 0 saturated heterocycles. The molecule has 0 spiro atoms. The molecule has 2 N–H and O–H groups in total. The molecule has 0 radical (unpaired) electrons. The Kier molecular flexibility index (Phi) is 11.2. The molecule has 2 aromatic carbocycles. The van der Waals surface area contributed by atoms with E-state index in [1.165, 1.54) is 25.1 Å². The smallest absolute Gasteiger partial charge is 0.411 e. The topological polar surface area (TPSA) is 144 Å². The van der Waals surface area contributed by atoms with Crippen molar-refractivity contribution in [1.29, 1.82) is 0 Å². The molecule has 236 valence electrons. The van der Waals surface area contributed by atoms with Crippen molar-refractivity contribution in [2.75, 3.05) is 42.4 Å². The number of amides is 3. The van der Waals surface area contributed by atoms with Crippen LogP contribution >= 0.6 is 0 Å². The summed E-state index contributed by atoms with van der Waals surface area (Å²) < 4.78 is 58.4. The zero-order valence-electron chi connectivity index (χ0n) is 25.0. The standard InChI is InChI=1S/C29H39FN4O8S/c1-6-14-33(28(37)42-29(3,4)5)15-7-16-40-27(36)32-22-10-13-26-25(17-22)34(19-23(41-26)18-31-20(2)35)43(38,39)24-11-8-21(30)9-12-24/h8-13,17,23H,6-7,14-16,18-19H2,1-5H3,(H,31,35)(H,32,36)/t23-/m0/s1. The molecule has 12 nitrogen and oxygen atoms in total. The number of hydrogen-bond acceptors (Lipinski definition) is 8. The number of fused-ring (bicyclic) bond motifs is 1. The van der Waals surface area contributed by atoms with Crippen LogP contribution < -0.4 is 19.7 Å². The van der Waals surface area contributed by atoms with E-state index in [9.17, 15) is 27.2 Å². The second kappa shape index (κ2) is 14.4. The van der Waals surface area contributed by atoms with E-state index in [4.69, 9.17) is 14.2 Å². The number of benzene rings is 2. The van der Waals surface area contributed by atoms with Crippen LogP contribution in [0.2, 0.25) is 0 Å². The highest BCUT2D eigenvalue weighted by atomic mass is 32.2. The molecule has 14 heteroatoms. The monoisotopic (exact) mass is 622 g/mol. The number of rotatable bonds is 11. The van der Waals surface area contributed by atoms with Gasteiger partial charge in [-0.25, -0.2) is 22.4 Å². The molecule has 0 saturated carbocycles. The van der Waals surface area contributed by atoms with Crippen molar-refractivity contribution in [3.8, 4) is 5.75 Å². The summed E-state index contributed by atoms with van der Waals surface area (Å²) in [6.45, 7) is 9.42. The van der Waals surface area contributed by atoms with Crippen molar-refractivity contribution >= 4 is 39.5 Å². The van der Waals surface area contributed by atoms with Crippen LogP contribution in [0.1, 0.15) is 47.5 Å². The van der Waals surface area contributed by atoms with Gasteiger partial charge >= 0.3 is 12.2 Å². The first-order valence-corrected chi connectivity index (χ1v) is 15.4. The highest BCUT2D eigenvalue weighted by Crippen LogP contribution is 2.39. The minimum Gasteiger partial charge on any atom is -0.484 e. The van der Waals surface area contributed by atoms with E-state index in [-0.39, 0.29) is 47.6 Å². The quantitative estimate of drug-likeness (QED) is 0.349. The number of nitrogens with one attached hydrogen (secondary N) is 2. The summed E-state index contributed by atoms with van der Waals surface area (Å²) in [4.78, 5) is 37.8. The molecule has 0 unspecified atom stereocenters. The molecule has 1 atom stereocenters. The molecule has 3 amide bonds. The Hall–Kier alpha value is -4.07. The first kappa shape index (κ1) is 33.4. The van der Waals surface area contributed by atoms with E-state index >= 15 is 0 Å². The number of ether oxygens (including phenoxy) is 3. The largest absolute Gasteiger partial charge is 0.484 e. The molecule has 0 bridgehead atoms. The fraction of sp³-hybridized carbons (Fsp3) is 0.483. The van der Waals surface area contributed by atoms with Crippen LogP contribution in [0.25, 0.3) is 0 Å². The Balaban J connectivity index is 1.70. The van der Waals surface area contributed by atoms with Crippen molar-refractivity contribution in [2.45, 2.75) is 64.1 Å². The van der Waals surface area contributed by atoms with Gasteiger partial charge in [0.1, 0.15) is 23.3 Å². The predicted octanol–water partition coefficient (Wildman–Crippen LogP) is 4.50. The lowest BCUT2D eigenvalue weighted by Crippen LogP contribution is -2.48. The molecule has 1 aliphatic heterocycles. The van der Waals surface area contributed by atoms with Gasteiger partial charge in [0.25, 0.3) is 10.0 Å². The zero-order chi connectivity index (χ0) is 31.8. The van der Waals surface area contributed by atoms with Gasteiger partial charge < -0.3 is 24.4 Å². The SMILES string of the molecule is CCCN(CCCOC(=O)Nc1ccc2c(c1)N(S(=O)(=O)c1ccc(F)cc1)C[C@H](CNC(C)=O)O2)C(=O)OC(C)(C)C. The summed E-state index contributed by atoms with van der Waals surface area (Å²) in [5.74, 6) is -0.676. The predicted molar refractivity (Wildman–Crippen MR) is 158 cm³/mol. The first-order valence-electron chi connectivity index (χ1n) is 13.9. The normalized spacial score (nSPS) is 14.7. The number of sulfonamides is 1. The molecule has 43 heavy (non-hydrogen) atoms. The van der Waals surface area contributed by atoms with Gasteiger partial charge in [0.05, 0.1) is 30.3 Å². The van der Waals surface area contributed by atoms with Gasteiger partial charge in [0.15, 0.2) is 0 Å². The maximum Gasteiger partial charge on any atom is 0.411 e. The van der Waals surface area contributed by atoms with E-state index in [2.05, 4.69) is 10.6 Å². The number of nitrogens with zero attached hydrogens (tertiary/aromatic N) is 2. The maximum absolute atomic E-state index is 13.6. The van der Waals surface area contributed by atoms with Crippen LogP contribution in [0.4, 0.5) is 25.4 Å². The summed E-state index contributed by atoms with van der Waals surface area (Å²) in [6.07, 6.45) is -0.792. The Bertz CT molecular complexity index is 1400. The zero-order valence-corrected chi connectivity index (χ0v) is 25.8. The maximum atomic E-state index is 13.6. The second-order valence-corrected chi connectivity index (χ2v) is 12.8. The van der Waals surface area contributed by atoms with E-state index in [1.807, 2.05) is 6.92 Å². The van der Waals surface area contributed by atoms with Gasteiger partial charge in [-0.05, 0) is 76.1 Å². The van der Waals surface area contributed by atoms with Gasteiger partial charge in [-0.15, -0.1) is 0 Å². The average molecular weight is 623 g/mol. The van der Waals surface area contributed by atoms with E-state index in [1.54, 1.807) is 25.7 Å². The minimum absolute atomic E-state index is 0.0266. The third-order valence-electron chi connectivity index (χ3n) is 6.07. The van der Waals surface area contributed by atoms with Crippen LogP contribution in [0.15, 0.2) is 47.4 Å². The molecule has 2 aromatic rings. The number of halogens is 1. The highest BCUT2D eigenvalue weighted by Gasteiger charge is 2.35. The van der Waals surface area contributed by atoms with Crippen LogP contribution in [-0.2, 0) is 24.3 Å². The lowest BCUT2D eigenvalue weighted by atomic mass is 10.2. The molecule has 0 fully saturated rings. The van der Waals surface area contributed by atoms with Crippen LogP contribution in [0.3, 0.4) is 0 Å². The average Bonchev–Trinajstić information content (AvgIpc) is 2.92. The van der Waals surface area contributed by atoms with Crippen molar-refractivity contribution in [1.82, 2.24) is 10.2 Å². The van der Waals surface area contributed by atoms with E-state index < -0.39 is 39.7 Å². The lowest BCUT2D eigenvalue weighted by Gasteiger charge is -2.35. The molecule has 1 aliphatic rings. The molecule has 0 aromatic heterocycles. The summed E-state index contributed by atoms with van der Waals surface area (Å²) in [5, 5.41) is 5.20. The number of anilines is 2. The summed E-state index contributed by atoms with van der Waals surface area (Å²) >= 11 is 0. The molecule has 3 rings (SSSR count). The van der Waals surface area contributed by atoms with E-state index in [0.717, 1.165) is 35.0 Å². The summed E-state index contributed by atoms with van der Waals surface area (Å²) in [7, 11) is -4.17. The second-order valence-electron chi connectivity index (χ2n) is 10.9. The van der Waals surface area contributed by atoms with Gasteiger partial charge in [0, 0.05) is 25.7 Å². The van der Waals surface area contributed by atoms with Crippen LogP contribution in [0, 0.1) is 5.82 Å². The molecular formula is C29H39FN4O8S. The van der Waals surface area contributed by atoms with Gasteiger partial charge in [-0.2, -0.15) is 0 Å². The van der Waals surface area contributed by atoms with Gasteiger partial charge in [0.2, 0.25) is 5.91 Å². The number of carbonyl (C=O) groups excluding carboxylic acids is 3. The van der Waals surface area contributed by atoms with Gasteiger partial charge in [-0.3, -0.25) is 14.4 Å². The molecule has 0 aliphatic carbocycles. The van der Waals surface area contributed by atoms with Crippen molar-refractivity contribution in [3.05, 3.63) is 48.3 Å². The summed E-state index contributed by atoms with van der Waals surface area (Å²) in [6, 6.07) is 8.87. The Labute approximate surface area is 251 Å². The Morgan fingerprint density at radius 1 is 1.12 bits per heavy atom. The Morgan fingerprint density at radius 2 is 1.81 bits per heavy atom. The highest BCUT2D eigenvalue weighted by molar-refractivity contribution is 7.92. The Morgan fingerprint density at radius 3 is 2.44 bits per heavy atom. The van der Waals surface area contributed by atoms with Crippen molar-refractivity contribution < 1.29 is 41.4 Å².